The molecule has 58 valence electrons. The molecule has 9 heavy (non-hydrogen) atoms. The Hall–Kier alpha value is -0.140. The summed E-state index contributed by atoms with van der Waals surface area (Å²) in [6.07, 6.45) is -2.10. The van der Waals surface area contributed by atoms with Crippen molar-refractivity contribution in [2.24, 2.45) is 5.92 Å². The fraction of sp³-hybridized carbons (Fsp3) is 1.00. The predicted molar refractivity (Wildman–Crippen MR) is 36.8 cm³/mol. The minimum absolute atomic E-state index is 0.0278. The molecule has 0 spiro atoms. The Labute approximate surface area is 56.3 Å². The molecule has 0 aromatic heterocycles. The topological polar surface area (TPSA) is 0 Å². The van der Waals surface area contributed by atoms with Gasteiger partial charge in [0.2, 0.25) is 6.43 Å². The molecular weight excluding hydrogens is 122 g/mol. The highest BCUT2D eigenvalue weighted by Crippen LogP contribution is 2.07. The van der Waals surface area contributed by atoms with Crippen LogP contribution in [0.2, 0.25) is 0 Å². The van der Waals surface area contributed by atoms with E-state index in [1.54, 1.807) is 13.8 Å². The molecule has 0 aromatic rings. The Kier molecular flexibility index (Phi) is 10.2. The molecule has 0 heterocycles. The van der Waals surface area contributed by atoms with E-state index >= 15 is 0 Å². The van der Waals surface area contributed by atoms with E-state index in [1.165, 1.54) is 0 Å². The molecular formula is C7H16F2. The highest BCUT2D eigenvalue weighted by molar-refractivity contribution is 4.44. The third kappa shape index (κ3) is 18.1. The molecule has 0 aromatic carbocycles. The van der Waals surface area contributed by atoms with E-state index in [4.69, 9.17) is 0 Å². The fourth-order valence-electron chi connectivity index (χ4n) is 0.356. The zero-order valence-corrected chi connectivity index (χ0v) is 6.62. The molecule has 0 aliphatic carbocycles. The summed E-state index contributed by atoms with van der Waals surface area (Å²) in [6, 6.07) is 0. The standard InChI is InChI=1S/C5H10F2.C2H6/c1-4(2)3-5(6)7;1-2/h4-5H,3H2,1-2H3;1-2H3. The van der Waals surface area contributed by atoms with Crippen LogP contribution in [0.15, 0.2) is 0 Å². The number of rotatable bonds is 2. The SMILES string of the molecule is CC.CC(C)CC(F)F. The molecule has 0 saturated carbocycles. The van der Waals surface area contributed by atoms with Gasteiger partial charge >= 0.3 is 0 Å². The van der Waals surface area contributed by atoms with E-state index in [1.807, 2.05) is 13.8 Å². The second-order valence-corrected chi connectivity index (χ2v) is 2.02. The van der Waals surface area contributed by atoms with Crippen molar-refractivity contribution in [3.05, 3.63) is 0 Å². The molecule has 0 N–H and O–H groups in total. The van der Waals surface area contributed by atoms with Crippen molar-refractivity contribution >= 4 is 0 Å². The van der Waals surface area contributed by atoms with Gasteiger partial charge in [-0.2, -0.15) is 0 Å². The Bertz CT molecular complexity index is 36.2. The largest absolute Gasteiger partial charge is 0.238 e. The van der Waals surface area contributed by atoms with E-state index in [0.29, 0.717) is 0 Å². The van der Waals surface area contributed by atoms with Gasteiger partial charge in [0.1, 0.15) is 0 Å². The Balaban J connectivity index is 0. The van der Waals surface area contributed by atoms with Gasteiger partial charge in [0.15, 0.2) is 0 Å². The van der Waals surface area contributed by atoms with Crippen molar-refractivity contribution in [2.75, 3.05) is 0 Å². The number of hydrogen-bond donors (Lipinski definition) is 0. The third-order valence-electron chi connectivity index (χ3n) is 0.650. The van der Waals surface area contributed by atoms with Crippen LogP contribution >= 0.6 is 0 Å². The van der Waals surface area contributed by atoms with E-state index in [2.05, 4.69) is 0 Å². The van der Waals surface area contributed by atoms with Gasteiger partial charge in [-0.1, -0.05) is 27.7 Å². The first-order valence-electron chi connectivity index (χ1n) is 3.41. The summed E-state index contributed by atoms with van der Waals surface area (Å²) in [7, 11) is 0. The summed E-state index contributed by atoms with van der Waals surface area (Å²) >= 11 is 0. The second kappa shape index (κ2) is 7.86. The van der Waals surface area contributed by atoms with Gasteiger partial charge in [-0.3, -0.25) is 0 Å². The summed E-state index contributed by atoms with van der Waals surface area (Å²) in [5.41, 5.74) is 0. The summed E-state index contributed by atoms with van der Waals surface area (Å²) in [4.78, 5) is 0. The quantitative estimate of drug-likeness (QED) is 0.549. The number of hydrogen-bond acceptors (Lipinski definition) is 0. The van der Waals surface area contributed by atoms with Crippen molar-refractivity contribution in [1.29, 1.82) is 0 Å². The number of alkyl halides is 2. The molecule has 0 amide bonds. The van der Waals surface area contributed by atoms with Crippen molar-refractivity contribution in [3.8, 4) is 0 Å². The summed E-state index contributed by atoms with van der Waals surface area (Å²) in [5, 5.41) is 0. The van der Waals surface area contributed by atoms with Crippen molar-refractivity contribution in [2.45, 2.75) is 40.5 Å². The zero-order chi connectivity index (χ0) is 7.86. The molecule has 2 heteroatoms. The first-order valence-corrected chi connectivity index (χ1v) is 3.41. The van der Waals surface area contributed by atoms with Crippen LogP contribution in [0, 0.1) is 5.92 Å². The molecule has 0 bridgehead atoms. The van der Waals surface area contributed by atoms with Crippen LogP contribution in [0.5, 0.6) is 0 Å². The molecule has 0 radical (unpaired) electrons. The van der Waals surface area contributed by atoms with E-state index < -0.39 is 6.43 Å². The molecule has 0 rings (SSSR count). The Morgan fingerprint density at radius 1 is 1.11 bits per heavy atom. The van der Waals surface area contributed by atoms with Crippen LogP contribution in [-0.4, -0.2) is 6.43 Å². The summed E-state index contributed by atoms with van der Waals surface area (Å²) in [6.45, 7) is 7.57. The minimum atomic E-state index is -2.12. The van der Waals surface area contributed by atoms with Gasteiger partial charge in [0.25, 0.3) is 0 Å². The highest BCUT2D eigenvalue weighted by atomic mass is 19.3. The van der Waals surface area contributed by atoms with Gasteiger partial charge in [-0.25, -0.2) is 8.78 Å². The van der Waals surface area contributed by atoms with E-state index in [9.17, 15) is 8.78 Å². The highest BCUT2D eigenvalue weighted by Gasteiger charge is 2.03. The van der Waals surface area contributed by atoms with Gasteiger partial charge in [-0.05, 0) is 5.92 Å². The van der Waals surface area contributed by atoms with Gasteiger partial charge in [0.05, 0.1) is 0 Å². The molecule has 0 aliphatic rings. The Morgan fingerprint density at radius 3 is 1.44 bits per heavy atom. The van der Waals surface area contributed by atoms with Gasteiger partial charge in [0, 0.05) is 6.42 Å². The lowest BCUT2D eigenvalue weighted by atomic mass is 10.1. The second-order valence-electron chi connectivity index (χ2n) is 2.02. The molecule has 0 atom stereocenters. The molecule has 0 nitrogen and oxygen atoms in total. The first-order chi connectivity index (χ1) is 4.13. The van der Waals surface area contributed by atoms with Crippen molar-refractivity contribution < 1.29 is 8.78 Å². The van der Waals surface area contributed by atoms with E-state index in [0.717, 1.165) is 0 Å². The molecule has 0 saturated heterocycles. The molecule has 0 unspecified atom stereocenters. The molecule has 0 fully saturated rings. The minimum Gasteiger partial charge on any atom is -0.211 e. The van der Waals surface area contributed by atoms with Crippen LogP contribution in [0.3, 0.4) is 0 Å². The lowest BCUT2D eigenvalue weighted by molar-refractivity contribution is 0.121. The van der Waals surface area contributed by atoms with Crippen LogP contribution in [0.1, 0.15) is 34.1 Å². The Morgan fingerprint density at radius 2 is 1.44 bits per heavy atom. The van der Waals surface area contributed by atoms with Crippen LogP contribution in [0.25, 0.3) is 0 Å². The smallest absolute Gasteiger partial charge is 0.211 e. The van der Waals surface area contributed by atoms with Crippen LogP contribution < -0.4 is 0 Å². The van der Waals surface area contributed by atoms with Gasteiger partial charge < -0.3 is 0 Å². The lowest BCUT2D eigenvalue weighted by Crippen LogP contribution is -1.95. The fourth-order valence-corrected chi connectivity index (χ4v) is 0.356. The van der Waals surface area contributed by atoms with Crippen LogP contribution in [-0.2, 0) is 0 Å². The normalized spacial score (nSPS) is 9.33. The van der Waals surface area contributed by atoms with Crippen molar-refractivity contribution in [3.63, 3.8) is 0 Å². The summed E-state index contributed by atoms with van der Waals surface area (Å²) < 4.78 is 22.6. The zero-order valence-electron chi connectivity index (χ0n) is 6.62. The first kappa shape index (κ1) is 11.6. The average molecular weight is 138 g/mol. The van der Waals surface area contributed by atoms with E-state index in [-0.39, 0.29) is 12.3 Å². The summed E-state index contributed by atoms with van der Waals surface area (Å²) in [5.74, 6) is 0.125. The maximum Gasteiger partial charge on any atom is 0.238 e. The van der Waals surface area contributed by atoms with Gasteiger partial charge in [-0.15, -0.1) is 0 Å². The monoisotopic (exact) mass is 138 g/mol. The maximum atomic E-state index is 11.3. The van der Waals surface area contributed by atoms with Crippen LogP contribution in [0.4, 0.5) is 8.78 Å². The maximum absolute atomic E-state index is 11.3. The predicted octanol–water partition coefficient (Wildman–Crippen LogP) is 3.32. The lowest BCUT2D eigenvalue weighted by Gasteiger charge is -1.99. The number of halogens is 2. The molecule has 0 aliphatic heterocycles. The van der Waals surface area contributed by atoms with Crippen molar-refractivity contribution in [1.82, 2.24) is 0 Å². The average Bonchev–Trinajstić information content (AvgIpc) is 1.68. The third-order valence-corrected chi connectivity index (χ3v) is 0.650.